The normalized spacial score (nSPS) is 9.93. The van der Waals surface area contributed by atoms with Crippen molar-refractivity contribution >= 4 is 29.4 Å². The van der Waals surface area contributed by atoms with Crippen LogP contribution in [0.15, 0.2) is 42.5 Å². The predicted molar refractivity (Wildman–Crippen MR) is 56.2 cm³/mol. The van der Waals surface area contributed by atoms with Gasteiger partial charge in [0.25, 0.3) is 0 Å². The maximum Gasteiger partial charge on any atom is 0.349 e. The summed E-state index contributed by atoms with van der Waals surface area (Å²) >= 11 is 4.76. The van der Waals surface area contributed by atoms with E-state index < -0.39 is 11.9 Å². The van der Waals surface area contributed by atoms with Crippen LogP contribution < -0.4 is 5.32 Å². The van der Waals surface area contributed by atoms with E-state index in [2.05, 4.69) is 9.61 Å². The van der Waals surface area contributed by atoms with Gasteiger partial charge in [0, 0.05) is 17.8 Å². The average Bonchev–Trinajstić information content (AvgIpc) is 2.27. The molecule has 0 aliphatic heterocycles. The Bertz CT molecular complexity index is 376. The largest absolute Gasteiger partial charge is 0.349 e. The summed E-state index contributed by atoms with van der Waals surface area (Å²) in [4.78, 5) is 21.7. The van der Waals surface area contributed by atoms with Crippen molar-refractivity contribution < 1.29 is 13.9 Å². The van der Waals surface area contributed by atoms with Gasteiger partial charge in [0.05, 0.1) is 0 Å². The van der Waals surface area contributed by atoms with Crippen LogP contribution in [0.5, 0.6) is 0 Å². The van der Waals surface area contributed by atoms with E-state index in [4.69, 9.17) is 11.9 Å². The molecule has 0 radical (unpaired) electrons. The number of hydrogen-bond acceptors (Lipinski definition) is 3. The maximum atomic E-state index is 11.2. The molecular formula is C10H8ClNO3. The topological polar surface area (TPSA) is 55.4 Å². The fourth-order valence-electron chi connectivity index (χ4n) is 0.875. The molecule has 1 aromatic rings. The number of carbonyl (C=O) groups excluding carboxylic acids is 2. The van der Waals surface area contributed by atoms with Gasteiger partial charge in [-0.1, -0.05) is 18.2 Å². The highest BCUT2D eigenvalue weighted by molar-refractivity contribution is 6.15. The highest BCUT2D eigenvalue weighted by atomic mass is 35.5. The number of benzene rings is 1. The zero-order valence-corrected chi connectivity index (χ0v) is 8.40. The first-order chi connectivity index (χ1) is 7.22. The molecule has 1 amide bonds. The molecule has 0 saturated carbocycles. The molecule has 1 rings (SSSR count). The van der Waals surface area contributed by atoms with E-state index in [9.17, 15) is 9.59 Å². The first-order valence-corrected chi connectivity index (χ1v) is 4.40. The smallest absolute Gasteiger partial charge is 0.344 e. The summed E-state index contributed by atoms with van der Waals surface area (Å²) in [5, 5.41) is 2.54. The summed E-state index contributed by atoms with van der Waals surface area (Å²) in [6, 6.07) is 8.85. The molecule has 1 N–H and O–H groups in total. The van der Waals surface area contributed by atoms with Crippen LogP contribution >= 0.6 is 11.9 Å². The van der Waals surface area contributed by atoms with E-state index in [1.165, 1.54) is 0 Å². The zero-order valence-electron chi connectivity index (χ0n) is 7.64. The molecule has 1 aromatic carbocycles. The first-order valence-electron chi connectivity index (χ1n) is 4.09. The van der Waals surface area contributed by atoms with E-state index in [0.717, 1.165) is 12.2 Å². The van der Waals surface area contributed by atoms with E-state index >= 15 is 0 Å². The van der Waals surface area contributed by atoms with Crippen molar-refractivity contribution in [2.75, 3.05) is 5.32 Å². The Kier molecular flexibility index (Phi) is 4.37. The molecule has 0 saturated heterocycles. The molecule has 0 aliphatic carbocycles. The molecule has 78 valence electrons. The van der Waals surface area contributed by atoms with Crippen molar-refractivity contribution in [1.29, 1.82) is 0 Å². The van der Waals surface area contributed by atoms with Gasteiger partial charge in [0.1, 0.15) is 11.9 Å². The summed E-state index contributed by atoms with van der Waals surface area (Å²) in [7, 11) is 0. The van der Waals surface area contributed by atoms with Crippen LogP contribution in [-0.4, -0.2) is 11.9 Å². The fourth-order valence-corrected chi connectivity index (χ4v) is 0.926. The Balaban J connectivity index is 2.50. The second kappa shape index (κ2) is 5.82. The zero-order chi connectivity index (χ0) is 11.1. The van der Waals surface area contributed by atoms with Gasteiger partial charge in [-0.2, -0.15) is 0 Å². The lowest BCUT2D eigenvalue weighted by atomic mass is 10.3. The Morgan fingerprint density at radius 2 is 1.87 bits per heavy atom. The van der Waals surface area contributed by atoms with E-state index in [0.29, 0.717) is 5.69 Å². The van der Waals surface area contributed by atoms with Crippen LogP contribution in [0.1, 0.15) is 0 Å². The van der Waals surface area contributed by atoms with Crippen LogP contribution in [0.3, 0.4) is 0 Å². The molecule has 15 heavy (non-hydrogen) atoms. The molecule has 0 atom stereocenters. The fraction of sp³-hybridized carbons (Fsp3) is 0. The van der Waals surface area contributed by atoms with Crippen molar-refractivity contribution in [3.8, 4) is 0 Å². The second-order valence-electron chi connectivity index (χ2n) is 2.58. The van der Waals surface area contributed by atoms with Crippen LogP contribution in [0.4, 0.5) is 5.69 Å². The van der Waals surface area contributed by atoms with Crippen molar-refractivity contribution in [2.45, 2.75) is 0 Å². The van der Waals surface area contributed by atoms with Crippen LogP contribution in [0, 0.1) is 0 Å². The average molecular weight is 226 g/mol. The number of halogens is 1. The molecule has 0 heterocycles. The van der Waals surface area contributed by atoms with Gasteiger partial charge in [-0.15, -0.1) is 0 Å². The SMILES string of the molecule is O=C(/C=C\C(=O)OCl)Nc1ccccc1. The van der Waals surface area contributed by atoms with Gasteiger partial charge in [-0.3, -0.25) is 4.79 Å². The van der Waals surface area contributed by atoms with E-state index in [1.807, 2.05) is 6.07 Å². The Labute approximate surface area is 91.7 Å². The number of carbonyl (C=O) groups is 2. The van der Waals surface area contributed by atoms with E-state index in [1.54, 1.807) is 24.3 Å². The summed E-state index contributed by atoms with van der Waals surface area (Å²) in [5.41, 5.74) is 0.645. The minimum atomic E-state index is -0.792. The molecule has 0 aliphatic rings. The molecule has 0 fully saturated rings. The quantitative estimate of drug-likeness (QED) is 0.799. The predicted octanol–water partition coefficient (Wildman–Crippen LogP) is 1.88. The molecule has 0 bridgehead atoms. The van der Waals surface area contributed by atoms with Gasteiger partial charge in [-0.05, 0) is 12.1 Å². The highest BCUT2D eigenvalue weighted by Crippen LogP contribution is 2.04. The second-order valence-corrected chi connectivity index (χ2v) is 2.74. The molecular weight excluding hydrogens is 218 g/mol. The van der Waals surface area contributed by atoms with Gasteiger partial charge in [0.15, 0.2) is 0 Å². The van der Waals surface area contributed by atoms with Crippen molar-refractivity contribution in [1.82, 2.24) is 0 Å². The van der Waals surface area contributed by atoms with Crippen molar-refractivity contribution in [3.05, 3.63) is 42.5 Å². The monoisotopic (exact) mass is 225 g/mol. The Morgan fingerprint density at radius 1 is 1.20 bits per heavy atom. The third-order valence-electron chi connectivity index (χ3n) is 1.49. The van der Waals surface area contributed by atoms with Gasteiger partial charge in [0.2, 0.25) is 5.91 Å². The lowest BCUT2D eigenvalue weighted by Crippen LogP contribution is -2.08. The van der Waals surface area contributed by atoms with Crippen molar-refractivity contribution in [2.24, 2.45) is 0 Å². The van der Waals surface area contributed by atoms with Crippen LogP contribution in [0.2, 0.25) is 0 Å². The molecule has 0 spiro atoms. The highest BCUT2D eigenvalue weighted by Gasteiger charge is 1.98. The van der Waals surface area contributed by atoms with E-state index in [-0.39, 0.29) is 0 Å². The molecule has 0 aromatic heterocycles. The molecule has 0 unspecified atom stereocenters. The number of hydrogen-bond donors (Lipinski definition) is 1. The van der Waals surface area contributed by atoms with Gasteiger partial charge in [-0.25, -0.2) is 4.79 Å². The van der Waals surface area contributed by atoms with Crippen LogP contribution in [-0.2, 0) is 13.9 Å². The Morgan fingerprint density at radius 3 is 2.47 bits per heavy atom. The number of para-hydroxylation sites is 1. The minimum absolute atomic E-state index is 0.428. The van der Waals surface area contributed by atoms with Gasteiger partial charge < -0.3 is 9.61 Å². The third-order valence-corrected chi connectivity index (χ3v) is 1.64. The standard InChI is InChI=1S/C10H8ClNO3/c11-15-10(14)7-6-9(13)12-8-4-2-1-3-5-8/h1-7H,(H,12,13)/b7-6-. The summed E-state index contributed by atoms with van der Waals surface area (Å²) in [6.45, 7) is 0. The maximum absolute atomic E-state index is 11.2. The molecule has 5 heteroatoms. The lowest BCUT2D eigenvalue weighted by molar-refractivity contribution is -0.128. The van der Waals surface area contributed by atoms with Crippen LogP contribution in [0.25, 0.3) is 0 Å². The van der Waals surface area contributed by atoms with Crippen molar-refractivity contribution in [3.63, 3.8) is 0 Å². The third kappa shape index (κ3) is 4.28. The summed E-state index contributed by atoms with van der Waals surface area (Å²) in [6.07, 6.45) is 1.98. The number of nitrogens with one attached hydrogen (secondary N) is 1. The van der Waals surface area contributed by atoms with Gasteiger partial charge >= 0.3 is 5.97 Å². The number of amides is 1. The Hall–Kier alpha value is -1.81. The number of anilines is 1. The molecule has 4 nitrogen and oxygen atoms in total. The minimum Gasteiger partial charge on any atom is -0.344 e. The summed E-state index contributed by atoms with van der Waals surface area (Å²) in [5.74, 6) is -1.22. The lowest BCUT2D eigenvalue weighted by Gasteiger charge is -1.99. The first kappa shape index (κ1) is 11.3. The number of rotatable bonds is 3. The summed E-state index contributed by atoms with van der Waals surface area (Å²) < 4.78 is 3.82.